The van der Waals surface area contributed by atoms with E-state index in [1.54, 1.807) is 0 Å². The number of aliphatic hydroxyl groups is 1. The fourth-order valence-corrected chi connectivity index (χ4v) is 2.82. The fourth-order valence-electron chi connectivity index (χ4n) is 2.82. The number of nitrogens with two attached hydrogens (primary N) is 1. The number of carbonyl (C=O) groups is 1. The van der Waals surface area contributed by atoms with Crippen molar-refractivity contribution in [2.45, 2.75) is 44.2 Å². The van der Waals surface area contributed by atoms with Crippen LogP contribution in [-0.4, -0.2) is 23.6 Å². The highest BCUT2D eigenvalue weighted by Gasteiger charge is 2.27. The summed E-state index contributed by atoms with van der Waals surface area (Å²) in [6, 6.07) is 10.0. The first-order valence-corrected chi connectivity index (χ1v) is 7.29. The van der Waals surface area contributed by atoms with Crippen LogP contribution in [0.5, 0.6) is 0 Å². The maximum absolute atomic E-state index is 11.1. The van der Waals surface area contributed by atoms with Gasteiger partial charge in [-0.25, -0.2) is 0 Å². The lowest BCUT2D eigenvalue weighted by Gasteiger charge is -2.31. The third-order valence-corrected chi connectivity index (χ3v) is 4.26. The molecule has 0 aliphatic heterocycles. The minimum absolute atomic E-state index is 0.0303. The Labute approximate surface area is 120 Å². The first-order chi connectivity index (χ1) is 9.49. The SMILES string of the molecule is CC(O)(CNC1CCC(C(N)=O)CC1)c1ccccc1. The summed E-state index contributed by atoms with van der Waals surface area (Å²) in [7, 11) is 0. The van der Waals surface area contributed by atoms with E-state index in [9.17, 15) is 9.90 Å². The van der Waals surface area contributed by atoms with Gasteiger partial charge in [-0.15, -0.1) is 0 Å². The monoisotopic (exact) mass is 276 g/mol. The van der Waals surface area contributed by atoms with E-state index in [1.165, 1.54) is 0 Å². The molecule has 1 saturated carbocycles. The molecule has 0 radical (unpaired) electrons. The molecule has 0 bridgehead atoms. The van der Waals surface area contributed by atoms with Crippen molar-refractivity contribution in [3.8, 4) is 0 Å². The molecule has 4 nitrogen and oxygen atoms in total. The molecule has 20 heavy (non-hydrogen) atoms. The molecule has 4 N–H and O–H groups in total. The quantitative estimate of drug-likeness (QED) is 0.763. The molecule has 1 fully saturated rings. The molecule has 4 heteroatoms. The second kappa shape index (κ2) is 6.37. The largest absolute Gasteiger partial charge is 0.384 e. The van der Waals surface area contributed by atoms with Crippen LogP contribution in [-0.2, 0) is 10.4 Å². The summed E-state index contributed by atoms with van der Waals surface area (Å²) in [4.78, 5) is 11.1. The number of amides is 1. The van der Waals surface area contributed by atoms with Gasteiger partial charge in [-0.05, 0) is 38.2 Å². The van der Waals surface area contributed by atoms with Gasteiger partial charge in [0.25, 0.3) is 0 Å². The molecule has 2 rings (SSSR count). The molecule has 1 aliphatic carbocycles. The molecule has 1 aromatic rings. The van der Waals surface area contributed by atoms with Gasteiger partial charge in [0.15, 0.2) is 0 Å². The number of hydrogen-bond acceptors (Lipinski definition) is 3. The Hall–Kier alpha value is -1.39. The zero-order valence-electron chi connectivity index (χ0n) is 12.0. The van der Waals surface area contributed by atoms with Crippen LogP contribution in [0.25, 0.3) is 0 Å². The molecule has 1 aromatic carbocycles. The molecule has 1 atom stereocenters. The van der Waals surface area contributed by atoms with Crippen LogP contribution < -0.4 is 11.1 Å². The van der Waals surface area contributed by atoms with Crippen molar-refractivity contribution in [2.75, 3.05) is 6.54 Å². The zero-order valence-corrected chi connectivity index (χ0v) is 12.0. The molecule has 1 unspecified atom stereocenters. The van der Waals surface area contributed by atoms with Crippen molar-refractivity contribution in [1.29, 1.82) is 0 Å². The van der Waals surface area contributed by atoms with Crippen LogP contribution >= 0.6 is 0 Å². The van der Waals surface area contributed by atoms with Gasteiger partial charge in [-0.3, -0.25) is 4.79 Å². The van der Waals surface area contributed by atoms with Crippen molar-refractivity contribution in [3.05, 3.63) is 35.9 Å². The summed E-state index contributed by atoms with van der Waals surface area (Å²) in [5.41, 5.74) is 5.37. The molecule has 1 aliphatic rings. The normalized spacial score (nSPS) is 25.9. The molecule has 0 saturated heterocycles. The van der Waals surface area contributed by atoms with Crippen LogP contribution in [0.1, 0.15) is 38.2 Å². The Morgan fingerprint density at radius 2 is 1.90 bits per heavy atom. The molecule has 0 spiro atoms. The standard InChI is InChI=1S/C16H24N2O2/c1-16(20,13-5-3-2-4-6-13)11-18-14-9-7-12(8-10-14)15(17)19/h2-6,12,14,18,20H,7-11H2,1H3,(H2,17,19). The second-order valence-corrected chi connectivity index (χ2v) is 5.97. The van der Waals surface area contributed by atoms with Gasteiger partial charge in [0.1, 0.15) is 0 Å². The highest BCUT2D eigenvalue weighted by atomic mass is 16.3. The van der Waals surface area contributed by atoms with Crippen LogP contribution in [0.2, 0.25) is 0 Å². The van der Waals surface area contributed by atoms with Gasteiger partial charge >= 0.3 is 0 Å². The van der Waals surface area contributed by atoms with Crippen LogP contribution in [0.15, 0.2) is 30.3 Å². The maximum Gasteiger partial charge on any atom is 0.220 e. The van der Waals surface area contributed by atoms with Crippen molar-refractivity contribution < 1.29 is 9.90 Å². The van der Waals surface area contributed by atoms with E-state index in [1.807, 2.05) is 37.3 Å². The zero-order chi connectivity index (χ0) is 14.6. The Balaban J connectivity index is 1.82. The molecule has 110 valence electrons. The van der Waals surface area contributed by atoms with Gasteiger partial charge in [0.05, 0.1) is 5.60 Å². The topological polar surface area (TPSA) is 75.3 Å². The lowest BCUT2D eigenvalue weighted by Crippen LogP contribution is -2.43. The second-order valence-electron chi connectivity index (χ2n) is 5.97. The first kappa shape index (κ1) is 15.0. The Bertz CT molecular complexity index is 437. The van der Waals surface area contributed by atoms with Gasteiger partial charge in [-0.1, -0.05) is 30.3 Å². The number of carbonyl (C=O) groups excluding carboxylic acids is 1. The minimum atomic E-state index is -0.873. The van der Waals surface area contributed by atoms with E-state index < -0.39 is 5.60 Å². The third-order valence-electron chi connectivity index (χ3n) is 4.26. The highest BCUT2D eigenvalue weighted by Crippen LogP contribution is 2.25. The smallest absolute Gasteiger partial charge is 0.220 e. The van der Waals surface area contributed by atoms with Gasteiger partial charge in [-0.2, -0.15) is 0 Å². The van der Waals surface area contributed by atoms with Gasteiger partial charge in [0.2, 0.25) is 5.91 Å². The lowest BCUT2D eigenvalue weighted by atomic mass is 9.85. The van der Waals surface area contributed by atoms with Gasteiger partial charge in [0, 0.05) is 18.5 Å². The first-order valence-electron chi connectivity index (χ1n) is 7.29. The van der Waals surface area contributed by atoms with E-state index in [2.05, 4.69) is 5.32 Å². The van der Waals surface area contributed by atoms with Crippen molar-refractivity contribution in [2.24, 2.45) is 11.7 Å². The van der Waals surface area contributed by atoms with E-state index >= 15 is 0 Å². The summed E-state index contributed by atoms with van der Waals surface area (Å²) in [6.45, 7) is 2.34. The van der Waals surface area contributed by atoms with Gasteiger partial charge < -0.3 is 16.2 Å². The van der Waals surface area contributed by atoms with E-state index in [-0.39, 0.29) is 11.8 Å². The van der Waals surface area contributed by atoms with E-state index in [0.29, 0.717) is 12.6 Å². The molecular formula is C16H24N2O2. The number of benzene rings is 1. The Kier molecular flexibility index (Phi) is 4.78. The fraction of sp³-hybridized carbons (Fsp3) is 0.562. The number of hydrogen-bond donors (Lipinski definition) is 3. The molecule has 0 aromatic heterocycles. The maximum atomic E-state index is 11.1. The van der Waals surface area contributed by atoms with E-state index in [0.717, 1.165) is 31.2 Å². The molecule has 1 amide bonds. The summed E-state index contributed by atoms with van der Waals surface area (Å²) in [5.74, 6) is -0.151. The van der Waals surface area contributed by atoms with Crippen molar-refractivity contribution in [3.63, 3.8) is 0 Å². The summed E-state index contributed by atoms with van der Waals surface area (Å²) >= 11 is 0. The number of primary amides is 1. The number of nitrogens with one attached hydrogen (secondary N) is 1. The lowest BCUT2D eigenvalue weighted by molar-refractivity contribution is -0.122. The van der Waals surface area contributed by atoms with Crippen LogP contribution in [0, 0.1) is 5.92 Å². The van der Waals surface area contributed by atoms with Crippen LogP contribution in [0.3, 0.4) is 0 Å². The molecular weight excluding hydrogens is 252 g/mol. The summed E-state index contributed by atoms with van der Waals surface area (Å²) in [6.07, 6.45) is 3.58. The number of rotatable bonds is 5. The third kappa shape index (κ3) is 3.81. The van der Waals surface area contributed by atoms with Crippen LogP contribution in [0.4, 0.5) is 0 Å². The Morgan fingerprint density at radius 3 is 2.45 bits per heavy atom. The highest BCUT2D eigenvalue weighted by molar-refractivity contribution is 5.76. The predicted octanol–water partition coefficient (Wildman–Crippen LogP) is 1.53. The van der Waals surface area contributed by atoms with E-state index in [4.69, 9.17) is 5.73 Å². The van der Waals surface area contributed by atoms with Crippen molar-refractivity contribution >= 4 is 5.91 Å². The Morgan fingerprint density at radius 1 is 1.30 bits per heavy atom. The average molecular weight is 276 g/mol. The minimum Gasteiger partial charge on any atom is -0.384 e. The summed E-state index contributed by atoms with van der Waals surface area (Å²) in [5, 5.41) is 13.9. The summed E-state index contributed by atoms with van der Waals surface area (Å²) < 4.78 is 0. The average Bonchev–Trinajstić information content (AvgIpc) is 2.46. The van der Waals surface area contributed by atoms with Crippen molar-refractivity contribution in [1.82, 2.24) is 5.32 Å². The predicted molar refractivity (Wildman–Crippen MR) is 79.0 cm³/mol. The molecule has 0 heterocycles.